The minimum Gasteiger partial charge on any atom is -0.422 e. The van der Waals surface area contributed by atoms with Gasteiger partial charge in [0.15, 0.2) is 11.5 Å². The smallest absolute Gasteiger partial charge is 0.343 e. The summed E-state index contributed by atoms with van der Waals surface area (Å²) in [6.07, 6.45) is 0. The molecule has 0 aliphatic rings. The van der Waals surface area contributed by atoms with Crippen LogP contribution in [-0.2, 0) is 4.79 Å². The lowest BCUT2D eigenvalue weighted by Crippen LogP contribution is -2.25. The molecule has 2 rings (SSSR count). The van der Waals surface area contributed by atoms with Crippen molar-refractivity contribution in [3.63, 3.8) is 0 Å². The van der Waals surface area contributed by atoms with Gasteiger partial charge in [0.05, 0.1) is 15.9 Å². The van der Waals surface area contributed by atoms with Gasteiger partial charge in [-0.15, -0.1) is 0 Å². The highest BCUT2D eigenvalue weighted by Gasteiger charge is 2.25. The summed E-state index contributed by atoms with van der Waals surface area (Å²) in [5.41, 5.74) is -0.700. The number of esters is 2. The SMILES string of the molecule is CC(C)(C)C(=O)Oc1ccccc1OC(=O)c1ccc([N+](=O)[O-])cc1. The molecule has 7 heteroatoms. The second kappa shape index (κ2) is 7.12. The Labute approximate surface area is 144 Å². The highest BCUT2D eigenvalue weighted by molar-refractivity contribution is 5.91. The van der Waals surface area contributed by atoms with E-state index in [9.17, 15) is 19.7 Å². The summed E-state index contributed by atoms with van der Waals surface area (Å²) in [5.74, 6) is -0.971. The predicted octanol–water partition coefficient (Wildman–Crippen LogP) is 3.77. The molecule has 0 saturated carbocycles. The van der Waals surface area contributed by atoms with Crippen molar-refractivity contribution in [1.29, 1.82) is 0 Å². The molecular formula is C18H17NO6. The van der Waals surface area contributed by atoms with E-state index in [0.717, 1.165) is 0 Å². The summed E-state index contributed by atoms with van der Waals surface area (Å²) >= 11 is 0. The lowest BCUT2D eigenvalue weighted by molar-refractivity contribution is -0.384. The predicted molar refractivity (Wildman–Crippen MR) is 89.6 cm³/mol. The molecule has 0 aliphatic heterocycles. The third kappa shape index (κ3) is 4.63. The normalized spacial score (nSPS) is 10.8. The lowest BCUT2D eigenvalue weighted by atomic mass is 9.97. The van der Waals surface area contributed by atoms with Gasteiger partial charge in [-0.2, -0.15) is 0 Å². The molecule has 2 aromatic carbocycles. The van der Waals surface area contributed by atoms with E-state index < -0.39 is 22.3 Å². The molecule has 130 valence electrons. The van der Waals surface area contributed by atoms with Gasteiger partial charge in [0.2, 0.25) is 0 Å². The minimum atomic E-state index is -0.714. The fourth-order valence-electron chi connectivity index (χ4n) is 1.75. The van der Waals surface area contributed by atoms with Crippen LogP contribution in [0.2, 0.25) is 0 Å². The van der Waals surface area contributed by atoms with Crippen LogP contribution < -0.4 is 9.47 Å². The molecule has 7 nitrogen and oxygen atoms in total. The Bertz CT molecular complexity index is 805. The van der Waals surface area contributed by atoms with E-state index in [-0.39, 0.29) is 22.7 Å². The van der Waals surface area contributed by atoms with Gasteiger partial charge in [-0.3, -0.25) is 14.9 Å². The number of non-ortho nitro benzene ring substituents is 1. The van der Waals surface area contributed by atoms with Crippen LogP contribution in [-0.4, -0.2) is 16.9 Å². The van der Waals surface area contributed by atoms with Crippen LogP contribution in [0.4, 0.5) is 5.69 Å². The highest BCUT2D eigenvalue weighted by Crippen LogP contribution is 2.29. The zero-order valence-electron chi connectivity index (χ0n) is 14.0. The molecule has 0 saturated heterocycles. The lowest BCUT2D eigenvalue weighted by Gasteiger charge is -2.17. The largest absolute Gasteiger partial charge is 0.422 e. The van der Waals surface area contributed by atoms with Crippen molar-refractivity contribution in [2.75, 3.05) is 0 Å². The molecule has 0 N–H and O–H groups in total. The first-order chi connectivity index (χ1) is 11.7. The molecule has 0 bridgehead atoms. The summed E-state index contributed by atoms with van der Waals surface area (Å²) in [6.45, 7) is 5.13. The average Bonchev–Trinajstić information content (AvgIpc) is 2.55. The topological polar surface area (TPSA) is 95.7 Å². The number of ether oxygens (including phenoxy) is 2. The second-order valence-corrected chi connectivity index (χ2v) is 6.28. The summed E-state index contributed by atoms with van der Waals surface area (Å²) in [6, 6.07) is 11.3. The van der Waals surface area contributed by atoms with E-state index >= 15 is 0 Å². The van der Waals surface area contributed by atoms with Gasteiger partial charge in [0.1, 0.15) is 0 Å². The number of carbonyl (C=O) groups excluding carboxylic acids is 2. The summed E-state index contributed by atoms with van der Waals surface area (Å²) in [7, 11) is 0. The van der Waals surface area contributed by atoms with Gasteiger partial charge in [0.25, 0.3) is 5.69 Å². The number of nitrogens with zero attached hydrogens (tertiary/aromatic N) is 1. The van der Waals surface area contributed by atoms with Crippen molar-refractivity contribution >= 4 is 17.6 Å². The molecule has 0 heterocycles. The minimum absolute atomic E-state index is 0.0865. The number of rotatable bonds is 4. The highest BCUT2D eigenvalue weighted by atomic mass is 16.6. The molecular weight excluding hydrogens is 326 g/mol. The van der Waals surface area contributed by atoms with Gasteiger partial charge < -0.3 is 9.47 Å². The van der Waals surface area contributed by atoms with Crippen LogP contribution in [0.3, 0.4) is 0 Å². The van der Waals surface area contributed by atoms with E-state index in [0.29, 0.717) is 0 Å². The van der Waals surface area contributed by atoms with Gasteiger partial charge >= 0.3 is 11.9 Å². The van der Waals surface area contributed by atoms with Crippen LogP contribution in [0.15, 0.2) is 48.5 Å². The molecule has 0 atom stereocenters. The first-order valence-corrected chi connectivity index (χ1v) is 7.46. The number of para-hydroxylation sites is 2. The third-order valence-electron chi connectivity index (χ3n) is 3.18. The monoisotopic (exact) mass is 343 g/mol. The molecule has 0 aliphatic carbocycles. The Hall–Kier alpha value is -3.22. The Morgan fingerprint density at radius 3 is 1.92 bits per heavy atom. The van der Waals surface area contributed by atoms with Crippen molar-refractivity contribution in [2.24, 2.45) is 5.41 Å². The van der Waals surface area contributed by atoms with Crippen LogP contribution >= 0.6 is 0 Å². The summed E-state index contributed by atoms with van der Waals surface area (Å²) in [5, 5.41) is 10.6. The van der Waals surface area contributed by atoms with E-state index in [1.165, 1.54) is 36.4 Å². The van der Waals surface area contributed by atoms with Crippen molar-refractivity contribution in [1.82, 2.24) is 0 Å². The second-order valence-electron chi connectivity index (χ2n) is 6.28. The first kappa shape index (κ1) is 18.1. The molecule has 0 radical (unpaired) electrons. The molecule has 0 spiro atoms. The van der Waals surface area contributed by atoms with Crippen molar-refractivity contribution < 1.29 is 24.0 Å². The molecule has 0 unspecified atom stereocenters. The average molecular weight is 343 g/mol. The molecule has 2 aromatic rings. The molecule has 25 heavy (non-hydrogen) atoms. The molecule has 0 amide bonds. The quantitative estimate of drug-likeness (QED) is 0.363. The maximum Gasteiger partial charge on any atom is 0.343 e. The zero-order chi connectivity index (χ0) is 18.6. The van der Waals surface area contributed by atoms with Crippen LogP contribution in [0, 0.1) is 15.5 Å². The fraction of sp³-hybridized carbons (Fsp3) is 0.222. The Morgan fingerprint density at radius 1 is 0.920 bits per heavy atom. The number of hydrogen-bond donors (Lipinski definition) is 0. The van der Waals surface area contributed by atoms with Gasteiger partial charge in [-0.25, -0.2) is 4.79 Å². The fourth-order valence-corrected chi connectivity index (χ4v) is 1.75. The van der Waals surface area contributed by atoms with Crippen molar-refractivity contribution in [3.8, 4) is 11.5 Å². The Kier molecular flexibility index (Phi) is 5.17. The number of benzene rings is 2. The van der Waals surface area contributed by atoms with Gasteiger partial charge in [-0.05, 0) is 45.0 Å². The Morgan fingerprint density at radius 2 is 1.44 bits per heavy atom. The summed E-state index contributed by atoms with van der Waals surface area (Å²) < 4.78 is 10.6. The maximum atomic E-state index is 12.2. The van der Waals surface area contributed by atoms with Crippen LogP contribution in [0.5, 0.6) is 11.5 Å². The summed E-state index contributed by atoms with van der Waals surface area (Å²) in [4.78, 5) is 34.3. The Balaban J connectivity index is 2.18. The first-order valence-electron chi connectivity index (χ1n) is 7.46. The maximum absolute atomic E-state index is 12.2. The van der Waals surface area contributed by atoms with Crippen LogP contribution in [0.25, 0.3) is 0 Å². The van der Waals surface area contributed by atoms with Crippen LogP contribution in [0.1, 0.15) is 31.1 Å². The van der Waals surface area contributed by atoms with Gasteiger partial charge in [0, 0.05) is 12.1 Å². The standard InChI is InChI=1S/C18H17NO6/c1-18(2,3)17(21)25-15-7-5-4-6-14(15)24-16(20)12-8-10-13(11-9-12)19(22)23/h4-11H,1-3H3. The van der Waals surface area contributed by atoms with E-state index in [2.05, 4.69) is 0 Å². The van der Waals surface area contributed by atoms with E-state index in [1.54, 1.807) is 32.9 Å². The number of nitro groups is 1. The van der Waals surface area contributed by atoms with Crippen molar-refractivity contribution in [3.05, 3.63) is 64.2 Å². The van der Waals surface area contributed by atoms with E-state index in [1.807, 2.05) is 0 Å². The van der Waals surface area contributed by atoms with Crippen molar-refractivity contribution in [2.45, 2.75) is 20.8 Å². The third-order valence-corrected chi connectivity index (χ3v) is 3.18. The molecule has 0 aromatic heterocycles. The number of hydrogen-bond acceptors (Lipinski definition) is 6. The zero-order valence-corrected chi connectivity index (χ0v) is 14.0. The van der Waals surface area contributed by atoms with E-state index in [4.69, 9.17) is 9.47 Å². The van der Waals surface area contributed by atoms with Gasteiger partial charge in [-0.1, -0.05) is 12.1 Å². The molecule has 0 fully saturated rings. The number of carbonyl (C=O) groups is 2. The number of nitro benzene ring substituents is 1.